The molecule has 1 saturated carbocycles. The van der Waals surface area contributed by atoms with Crippen molar-refractivity contribution in [1.82, 2.24) is 25.5 Å². The number of hydrogen-bond acceptors (Lipinski definition) is 4. The highest BCUT2D eigenvalue weighted by Crippen LogP contribution is 2.33. The lowest BCUT2D eigenvalue weighted by Gasteiger charge is -2.13. The van der Waals surface area contributed by atoms with Crippen LogP contribution in [0.4, 0.5) is 0 Å². The summed E-state index contributed by atoms with van der Waals surface area (Å²) in [5.74, 6) is 1.77. The molecule has 0 spiro atoms. The van der Waals surface area contributed by atoms with Gasteiger partial charge in [0.15, 0.2) is 5.82 Å². The van der Waals surface area contributed by atoms with Crippen LogP contribution in [0.5, 0.6) is 0 Å². The van der Waals surface area contributed by atoms with Gasteiger partial charge in [-0.3, -0.25) is 0 Å². The Morgan fingerprint density at radius 3 is 2.88 bits per heavy atom. The van der Waals surface area contributed by atoms with Crippen LogP contribution in [0.25, 0.3) is 0 Å². The maximum absolute atomic E-state index is 4.13. The molecule has 0 aromatic carbocycles. The first-order chi connectivity index (χ1) is 7.66. The van der Waals surface area contributed by atoms with E-state index in [-0.39, 0.29) is 0 Å². The van der Waals surface area contributed by atoms with Crippen molar-refractivity contribution in [3.8, 4) is 0 Å². The van der Waals surface area contributed by atoms with Gasteiger partial charge in [-0.05, 0) is 35.6 Å². The molecule has 0 bridgehead atoms. The summed E-state index contributed by atoms with van der Waals surface area (Å²) in [5.41, 5.74) is 0. The Morgan fingerprint density at radius 1 is 1.44 bits per heavy atom. The van der Waals surface area contributed by atoms with Crippen LogP contribution in [-0.2, 0) is 6.54 Å². The van der Waals surface area contributed by atoms with E-state index in [0.717, 1.165) is 18.3 Å². The van der Waals surface area contributed by atoms with Crippen molar-refractivity contribution in [2.24, 2.45) is 5.92 Å². The number of nitrogens with one attached hydrogen (secondary N) is 1. The predicted octanol–water partition coefficient (Wildman–Crippen LogP) is 1.53. The topological polar surface area (TPSA) is 55.6 Å². The summed E-state index contributed by atoms with van der Waals surface area (Å²) < 4.78 is 2.01. The quantitative estimate of drug-likeness (QED) is 0.841. The third kappa shape index (κ3) is 2.58. The predicted molar refractivity (Wildman–Crippen MR) is 61.8 cm³/mol. The Hall–Kier alpha value is -0.970. The Morgan fingerprint density at radius 2 is 2.25 bits per heavy atom. The SMILES string of the molecule is CC1CCC(n2nnnc2CNC(C)C)C1. The molecule has 1 aliphatic rings. The molecule has 1 fully saturated rings. The van der Waals surface area contributed by atoms with Crippen LogP contribution in [0.15, 0.2) is 0 Å². The maximum Gasteiger partial charge on any atom is 0.165 e. The highest BCUT2D eigenvalue weighted by Gasteiger charge is 2.25. The Bertz CT molecular complexity index is 333. The van der Waals surface area contributed by atoms with E-state index in [4.69, 9.17) is 0 Å². The molecule has 1 aromatic heterocycles. The average molecular weight is 223 g/mol. The molecule has 5 nitrogen and oxygen atoms in total. The number of rotatable bonds is 4. The summed E-state index contributed by atoms with van der Waals surface area (Å²) in [4.78, 5) is 0. The molecule has 1 heterocycles. The van der Waals surface area contributed by atoms with Crippen molar-refractivity contribution >= 4 is 0 Å². The molecule has 0 radical (unpaired) electrons. The molecule has 2 rings (SSSR count). The average Bonchev–Trinajstić information content (AvgIpc) is 2.82. The standard InChI is InChI=1S/C11H21N5/c1-8(2)12-7-11-13-14-15-16(11)10-5-4-9(3)6-10/h8-10,12H,4-7H2,1-3H3. The molecule has 2 unspecified atom stereocenters. The molecular formula is C11H21N5. The van der Waals surface area contributed by atoms with E-state index in [1.54, 1.807) is 0 Å². The van der Waals surface area contributed by atoms with Crippen LogP contribution in [0.3, 0.4) is 0 Å². The minimum Gasteiger partial charge on any atom is -0.308 e. The molecular weight excluding hydrogens is 202 g/mol. The molecule has 1 N–H and O–H groups in total. The zero-order valence-electron chi connectivity index (χ0n) is 10.3. The second kappa shape index (κ2) is 4.91. The Balaban J connectivity index is 2.01. The van der Waals surface area contributed by atoms with Crippen molar-refractivity contribution in [2.45, 2.75) is 58.7 Å². The van der Waals surface area contributed by atoms with Gasteiger partial charge in [0, 0.05) is 6.04 Å². The Labute approximate surface area is 96.6 Å². The zero-order chi connectivity index (χ0) is 11.5. The molecule has 2 atom stereocenters. The second-order valence-corrected chi connectivity index (χ2v) is 5.15. The minimum atomic E-state index is 0.465. The van der Waals surface area contributed by atoms with Crippen LogP contribution in [0.2, 0.25) is 0 Å². The summed E-state index contributed by atoms with van der Waals surface area (Å²) in [7, 11) is 0. The molecule has 90 valence electrons. The lowest BCUT2D eigenvalue weighted by Crippen LogP contribution is -2.25. The van der Waals surface area contributed by atoms with Gasteiger partial charge in [-0.2, -0.15) is 0 Å². The second-order valence-electron chi connectivity index (χ2n) is 5.15. The van der Waals surface area contributed by atoms with Gasteiger partial charge in [0.25, 0.3) is 0 Å². The van der Waals surface area contributed by atoms with E-state index >= 15 is 0 Å². The third-order valence-corrected chi connectivity index (χ3v) is 3.24. The molecule has 0 aliphatic heterocycles. The first kappa shape index (κ1) is 11.5. The minimum absolute atomic E-state index is 0.465. The summed E-state index contributed by atoms with van der Waals surface area (Å²) >= 11 is 0. The van der Waals surface area contributed by atoms with Gasteiger partial charge in [-0.1, -0.05) is 20.8 Å². The van der Waals surface area contributed by atoms with Crippen LogP contribution in [0.1, 0.15) is 51.9 Å². The smallest absolute Gasteiger partial charge is 0.165 e. The van der Waals surface area contributed by atoms with Crippen molar-refractivity contribution < 1.29 is 0 Å². The van der Waals surface area contributed by atoms with Crippen LogP contribution in [-0.4, -0.2) is 26.2 Å². The van der Waals surface area contributed by atoms with Gasteiger partial charge < -0.3 is 5.32 Å². The van der Waals surface area contributed by atoms with Gasteiger partial charge in [-0.15, -0.1) is 5.10 Å². The molecule has 1 aromatic rings. The number of hydrogen-bond donors (Lipinski definition) is 1. The van der Waals surface area contributed by atoms with E-state index in [0.29, 0.717) is 12.1 Å². The molecule has 0 saturated heterocycles. The summed E-state index contributed by atoms with van der Waals surface area (Å²) in [5, 5.41) is 15.4. The van der Waals surface area contributed by atoms with Gasteiger partial charge in [0.2, 0.25) is 0 Å². The molecule has 0 amide bonds. The van der Waals surface area contributed by atoms with E-state index in [1.807, 2.05) is 4.68 Å². The fourth-order valence-corrected chi connectivity index (χ4v) is 2.31. The summed E-state index contributed by atoms with van der Waals surface area (Å²) in [6.07, 6.45) is 3.71. The van der Waals surface area contributed by atoms with Crippen LogP contribution in [0, 0.1) is 5.92 Å². The van der Waals surface area contributed by atoms with Crippen LogP contribution >= 0.6 is 0 Å². The normalized spacial score (nSPS) is 25.5. The largest absolute Gasteiger partial charge is 0.308 e. The van der Waals surface area contributed by atoms with E-state index < -0.39 is 0 Å². The fourth-order valence-electron chi connectivity index (χ4n) is 2.31. The van der Waals surface area contributed by atoms with Crippen molar-refractivity contribution in [3.63, 3.8) is 0 Å². The number of aromatic nitrogens is 4. The number of tetrazole rings is 1. The van der Waals surface area contributed by atoms with Gasteiger partial charge in [0.1, 0.15) is 0 Å². The first-order valence-corrected chi connectivity index (χ1v) is 6.17. The number of nitrogens with zero attached hydrogens (tertiary/aromatic N) is 4. The summed E-state index contributed by atoms with van der Waals surface area (Å²) in [6, 6.07) is 0.974. The lowest BCUT2D eigenvalue weighted by atomic mass is 10.1. The third-order valence-electron chi connectivity index (χ3n) is 3.24. The fraction of sp³-hybridized carbons (Fsp3) is 0.909. The summed E-state index contributed by atoms with van der Waals surface area (Å²) in [6.45, 7) is 7.32. The maximum atomic E-state index is 4.13. The van der Waals surface area contributed by atoms with E-state index in [2.05, 4.69) is 41.6 Å². The molecule has 16 heavy (non-hydrogen) atoms. The highest BCUT2D eigenvalue weighted by molar-refractivity contribution is 4.87. The lowest BCUT2D eigenvalue weighted by molar-refractivity contribution is 0.414. The monoisotopic (exact) mass is 223 g/mol. The van der Waals surface area contributed by atoms with Crippen molar-refractivity contribution in [1.29, 1.82) is 0 Å². The van der Waals surface area contributed by atoms with Gasteiger partial charge >= 0.3 is 0 Å². The van der Waals surface area contributed by atoms with Crippen LogP contribution < -0.4 is 5.32 Å². The van der Waals surface area contributed by atoms with Gasteiger partial charge in [-0.25, -0.2) is 4.68 Å². The van der Waals surface area contributed by atoms with Crippen molar-refractivity contribution in [2.75, 3.05) is 0 Å². The Kier molecular flexibility index (Phi) is 3.53. The van der Waals surface area contributed by atoms with Crippen molar-refractivity contribution in [3.05, 3.63) is 5.82 Å². The van der Waals surface area contributed by atoms with E-state index in [1.165, 1.54) is 19.3 Å². The van der Waals surface area contributed by atoms with E-state index in [9.17, 15) is 0 Å². The zero-order valence-corrected chi connectivity index (χ0v) is 10.3. The van der Waals surface area contributed by atoms with Gasteiger partial charge in [0.05, 0.1) is 12.6 Å². The first-order valence-electron chi connectivity index (χ1n) is 6.17. The highest BCUT2D eigenvalue weighted by atomic mass is 15.6. The molecule has 5 heteroatoms. The molecule has 1 aliphatic carbocycles.